The number of carbonyl (C=O) groups is 2. The zero-order valence-corrected chi connectivity index (χ0v) is 18.9. The number of rotatable bonds is 9. The summed E-state index contributed by atoms with van der Waals surface area (Å²) < 4.78 is 10.6. The first-order valence-corrected chi connectivity index (χ1v) is 10.6. The molecule has 0 radical (unpaired) electrons. The van der Waals surface area contributed by atoms with Crippen molar-refractivity contribution in [1.29, 1.82) is 0 Å². The average Bonchev–Trinajstić information content (AvgIpc) is 3.09. The van der Waals surface area contributed by atoms with Crippen LogP contribution < -0.4 is 9.47 Å². The van der Waals surface area contributed by atoms with Crippen LogP contribution in [0.1, 0.15) is 31.1 Å². The van der Waals surface area contributed by atoms with Crippen molar-refractivity contribution >= 4 is 17.4 Å². The van der Waals surface area contributed by atoms with Gasteiger partial charge in [-0.1, -0.05) is 19.9 Å². The molecule has 3 rings (SSSR count). The van der Waals surface area contributed by atoms with E-state index in [0.717, 1.165) is 13.1 Å². The van der Waals surface area contributed by atoms with Gasteiger partial charge in [-0.3, -0.25) is 14.6 Å². The first kappa shape index (κ1) is 23.3. The van der Waals surface area contributed by atoms with Crippen molar-refractivity contribution in [3.63, 3.8) is 0 Å². The van der Waals surface area contributed by atoms with Gasteiger partial charge in [0.15, 0.2) is 0 Å². The number of likely N-dealkylation sites (N-methyl/N-ethyl adjacent to an activating group) is 1. The van der Waals surface area contributed by atoms with E-state index in [1.165, 1.54) is 19.1 Å². The Morgan fingerprint density at radius 1 is 1.12 bits per heavy atom. The second kappa shape index (κ2) is 10.3. The standard InChI is InChI=1S/C24H29N3O5/c1-5-26(6-2)13-14-27-21(18-9-7-8-12-25-18)20(23(29)24(27)30)22(28)17-11-10-16(31-3)15-19(17)32-4/h7-12,15,21,28H,5-6,13-14H2,1-4H3/b22-20-. The van der Waals surface area contributed by atoms with Crippen molar-refractivity contribution < 1.29 is 24.2 Å². The molecule has 8 heteroatoms. The van der Waals surface area contributed by atoms with Crippen molar-refractivity contribution in [3.8, 4) is 11.5 Å². The summed E-state index contributed by atoms with van der Waals surface area (Å²) in [5.41, 5.74) is 0.813. The largest absolute Gasteiger partial charge is 0.507 e. The SMILES string of the molecule is CCN(CC)CCN1C(=O)C(=O)/C(=C(\O)c2ccc(OC)cc2OC)C1c1ccccn1. The third-order valence-electron chi connectivity index (χ3n) is 5.72. The number of methoxy groups -OCH3 is 2. The summed E-state index contributed by atoms with van der Waals surface area (Å²) in [4.78, 5) is 34.2. The lowest BCUT2D eigenvalue weighted by Gasteiger charge is -2.27. The van der Waals surface area contributed by atoms with Crippen LogP contribution in [0, 0.1) is 0 Å². The second-order valence-electron chi connectivity index (χ2n) is 7.34. The molecule has 0 aliphatic carbocycles. The number of aliphatic hydroxyl groups is 1. The van der Waals surface area contributed by atoms with Crippen molar-refractivity contribution in [2.75, 3.05) is 40.4 Å². The number of aromatic nitrogens is 1. The predicted molar refractivity (Wildman–Crippen MR) is 121 cm³/mol. The molecule has 0 saturated carbocycles. The molecule has 170 valence electrons. The van der Waals surface area contributed by atoms with Gasteiger partial charge in [-0.05, 0) is 37.4 Å². The van der Waals surface area contributed by atoms with E-state index >= 15 is 0 Å². The molecule has 0 spiro atoms. The summed E-state index contributed by atoms with van der Waals surface area (Å²) >= 11 is 0. The summed E-state index contributed by atoms with van der Waals surface area (Å²) in [5.74, 6) is -0.823. The minimum atomic E-state index is -0.793. The maximum absolute atomic E-state index is 13.1. The van der Waals surface area contributed by atoms with Crippen LogP contribution in [0.15, 0.2) is 48.2 Å². The van der Waals surface area contributed by atoms with Crippen LogP contribution >= 0.6 is 0 Å². The number of ketones is 1. The first-order valence-electron chi connectivity index (χ1n) is 10.6. The maximum Gasteiger partial charge on any atom is 0.295 e. The molecule has 2 aromatic rings. The molecular formula is C24H29N3O5. The predicted octanol–water partition coefficient (Wildman–Crippen LogP) is 2.86. The van der Waals surface area contributed by atoms with Gasteiger partial charge in [0.25, 0.3) is 11.7 Å². The number of aliphatic hydroxyl groups excluding tert-OH is 1. The Morgan fingerprint density at radius 2 is 1.88 bits per heavy atom. The molecule has 1 aliphatic rings. The number of pyridine rings is 1. The number of carbonyl (C=O) groups excluding carboxylic acids is 2. The zero-order valence-electron chi connectivity index (χ0n) is 18.9. The van der Waals surface area contributed by atoms with E-state index in [0.29, 0.717) is 35.8 Å². The van der Waals surface area contributed by atoms with Gasteiger partial charge in [0.05, 0.1) is 31.1 Å². The van der Waals surface area contributed by atoms with Crippen LogP contribution in [0.25, 0.3) is 5.76 Å². The molecule has 1 saturated heterocycles. The molecule has 32 heavy (non-hydrogen) atoms. The molecule has 8 nitrogen and oxygen atoms in total. The van der Waals surface area contributed by atoms with E-state index in [1.54, 1.807) is 42.6 Å². The van der Waals surface area contributed by atoms with E-state index in [-0.39, 0.29) is 11.3 Å². The van der Waals surface area contributed by atoms with Gasteiger partial charge >= 0.3 is 0 Å². The van der Waals surface area contributed by atoms with Gasteiger partial charge in [-0.25, -0.2) is 0 Å². The van der Waals surface area contributed by atoms with Crippen molar-refractivity contribution in [1.82, 2.24) is 14.8 Å². The van der Waals surface area contributed by atoms with Crippen molar-refractivity contribution in [3.05, 3.63) is 59.4 Å². The number of hydrogen-bond donors (Lipinski definition) is 1. The number of nitrogens with zero attached hydrogens (tertiary/aromatic N) is 3. The lowest BCUT2D eigenvalue weighted by Crippen LogP contribution is -2.38. The molecule has 1 fully saturated rings. The summed E-state index contributed by atoms with van der Waals surface area (Å²) in [6.45, 7) is 6.70. The quantitative estimate of drug-likeness (QED) is 0.365. The number of hydrogen-bond acceptors (Lipinski definition) is 7. The van der Waals surface area contributed by atoms with E-state index < -0.39 is 17.7 Å². The second-order valence-corrected chi connectivity index (χ2v) is 7.34. The number of benzene rings is 1. The van der Waals surface area contributed by atoms with E-state index in [1.807, 2.05) is 13.8 Å². The topological polar surface area (TPSA) is 92.2 Å². The number of amides is 1. The van der Waals surface area contributed by atoms with Gasteiger partial charge in [-0.2, -0.15) is 0 Å². The summed E-state index contributed by atoms with van der Waals surface area (Å²) in [7, 11) is 2.99. The fraction of sp³-hybridized carbons (Fsp3) is 0.375. The number of ether oxygens (including phenoxy) is 2. The molecule has 1 N–H and O–H groups in total. The van der Waals surface area contributed by atoms with Crippen molar-refractivity contribution in [2.45, 2.75) is 19.9 Å². The molecule has 1 aliphatic heterocycles. The van der Waals surface area contributed by atoms with Gasteiger partial charge in [0.2, 0.25) is 0 Å². The molecular weight excluding hydrogens is 410 g/mol. The van der Waals surface area contributed by atoms with E-state index in [4.69, 9.17) is 9.47 Å². The third kappa shape index (κ3) is 4.45. The molecule has 0 bridgehead atoms. The van der Waals surface area contributed by atoms with Crippen molar-refractivity contribution in [2.24, 2.45) is 0 Å². The smallest absolute Gasteiger partial charge is 0.295 e. The maximum atomic E-state index is 13.1. The Labute approximate surface area is 188 Å². The molecule has 1 amide bonds. The van der Waals surface area contributed by atoms with E-state index in [2.05, 4.69) is 9.88 Å². The Kier molecular flexibility index (Phi) is 7.48. The first-order chi connectivity index (χ1) is 15.5. The summed E-state index contributed by atoms with van der Waals surface area (Å²) in [5, 5.41) is 11.2. The highest BCUT2D eigenvalue weighted by Crippen LogP contribution is 2.40. The number of likely N-dealkylation sites (tertiary alicyclic amines) is 1. The van der Waals surface area contributed by atoms with Crippen LogP contribution in [0.2, 0.25) is 0 Å². The molecule has 1 atom stereocenters. The summed E-state index contributed by atoms with van der Waals surface area (Å²) in [6.07, 6.45) is 1.60. The van der Waals surface area contributed by atoms with Gasteiger partial charge in [0, 0.05) is 25.4 Å². The summed E-state index contributed by atoms with van der Waals surface area (Å²) in [6, 6.07) is 9.38. The fourth-order valence-electron chi connectivity index (χ4n) is 3.88. The Balaban J connectivity index is 2.12. The highest BCUT2D eigenvalue weighted by molar-refractivity contribution is 6.46. The fourth-order valence-corrected chi connectivity index (χ4v) is 3.88. The molecule has 1 aromatic carbocycles. The minimum Gasteiger partial charge on any atom is -0.507 e. The van der Waals surface area contributed by atoms with Crippen LogP contribution in [0.3, 0.4) is 0 Å². The highest BCUT2D eigenvalue weighted by Gasteiger charge is 2.46. The minimum absolute atomic E-state index is 0.00304. The van der Waals surface area contributed by atoms with Gasteiger partial charge in [-0.15, -0.1) is 0 Å². The Bertz CT molecular complexity index is 1000. The van der Waals surface area contributed by atoms with Gasteiger partial charge < -0.3 is 24.4 Å². The normalized spacial score (nSPS) is 17.8. The van der Waals surface area contributed by atoms with Gasteiger partial charge in [0.1, 0.15) is 23.3 Å². The van der Waals surface area contributed by atoms with Crippen LogP contribution in [-0.4, -0.2) is 72.0 Å². The highest BCUT2D eigenvalue weighted by atomic mass is 16.5. The van der Waals surface area contributed by atoms with E-state index in [9.17, 15) is 14.7 Å². The lowest BCUT2D eigenvalue weighted by molar-refractivity contribution is -0.140. The molecule has 1 aromatic heterocycles. The monoisotopic (exact) mass is 439 g/mol. The Morgan fingerprint density at radius 3 is 2.47 bits per heavy atom. The Hall–Kier alpha value is -3.39. The average molecular weight is 440 g/mol. The lowest BCUT2D eigenvalue weighted by atomic mass is 9.97. The van der Waals surface area contributed by atoms with Crippen LogP contribution in [-0.2, 0) is 9.59 Å². The third-order valence-corrected chi connectivity index (χ3v) is 5.72. The molecule has 1 unspecified atom stereocenters. The van der Waals surface area contributed by atoms with Crippen LogP contribution in [0.4, 0.5) is 0 Å². The zero-order chi connectivity index (χ0) is 23.3. The molecule has 2 heterocycles. The van der Waals surface area contributed by atoms with Crippen LogP contribution in [0.5, 0.6) is 11.5 Å². The number of Topliss-reactive ketones (excluding diaryl/α,β-unsaturated/α-hetero) is 1.